The van der Waals surface area contributed by atoms with E-state index >= 15 is 0 Å². The van der Waals surface area contributed by atoms with Crippen molar-refractivity contribution in [3.05, 3.63) is 0 Å². The van der Waals surface area contributed by atoms with E-state index in [0.29, 0.717) is 11.5 Å². The summed E-state index contributed by atoms with van der Waals surface area (Å²) in [5.74, 6) is 0.897. The molecular formula is C15H32N2. The maximum Gasteiger partial charge on any atom is 0.00390 e. The average molecular weight is 240 g/mol. The highest BCUT2D eigenvalue weighted by molar-refractivity contribution is 4.83. The molecule has 2 heteroatoms. The Morgan fingerprint density at radius 1 is 1.35 bits per heavy atom. The van der Waals surface area contributed by atoms with E-state index < -0.39 is 0 Å². The Morgan fingerprint density at radius 3 is 2.59 bits per heavy atom. The van der Waals surface area contributed by atoms with Crippen LogP contribution in [0.3, 0.4) is 0 Å². The van der Waals surface area contributed by atoms with Gasteiger partial charge >= 0.3 is 0 Å². The molecule has 0 amide bonds. The number of rotatable bonds is 6. The van der Waals surface area contributed by atoms with Crippen LogP contribution in [0.15, 0.2) is 0 Å². The molecule has 0 aromatic carbocycles. The summed E-state index contributed by atoms with van der Waals surface area (Å²) in [6, 6.07) is 0.681. The molecule has 1 N–H and O–H groups in total. The van der Waals surface area contributed by atoms with Gasteiger partial charge in [-0.15, -0.1) is 0 Å². The fourth-order valence-corrected chi connectivity index (χ4v) is 2.81. The summed E-state index contributed by atoms with van der Waals surface area (Å²) in [5, 5.41) is 3.49. The van der Waals surface area contributed by atoms with Crippen LogP contribution >= 0.6 is 0 Å². The Labute approximate surface area is 108 Å². The van der Waals surface area contributed by atoms with Gasteiger partial charge in [-0.1, -0.05) is 27.7 Å². The maximum absolute atomic E-state index is 3.49. The maximum atomic E-state index is 3.49. The van der Waals surface area contributed by atoms with Gasteiger partial charge in [-0.25, -0.2) is 0 Å². The number of nitrogens with one attached hydrogen (secondary N) is 1. The lowest BCUT2D eigenvalue weighted by atomic mass is 9.80. The van der Waals surface area contributed by atoms with Crippen molar-refractivity contribution in [1.82, 2.24) is 10.2 Å². The third-order valence-electron chi connectivity index (χ3n) is 4.16. The van der Waals surface area contributed by atoms with Gasteiger partial charge in [0.05, 0.1) is 0 Å². The highest BCUT2D eigenvalue weighted by Gasteiger charge is 2.31. The van der Waals surface area contributed by atoms with E-state index in [-0.39, 0.29) is 0 Å². The van der Waals surface area contributed by atoms with E-state index in [1.807, 2.05) is 0 Å². The minimum atomic E-state index is 0.492. The molecule has 1 rings (SSSR count). The SMILES string of the molecule is CCNC(C)CCCN1CCC(C(C)(C)C)C1. The lowest BCUT2D eigenvalue weighted by Gasteiger charge is -2.27. The Balaban J connectivity index is 2.14. The zero-order chi connectivity index (χ0) is 12.9. The molecule has 0 aliphatic carbocycles. The third kappa shape index (κ3) is 5.39. The third-order valence-corrected chi connectivity index (χ3v) is 4.16. The summed E-state index contributed by atoms with van der Waals surface area (Å²) in [6.45, 7) is 16.7. The van der Waals surface area contributed by atoms with Crippen LogP contribution in [-0.4, -0.2) is 37.1 Å². The van der Waals surface area contributed by atoms with Crippen LogP contribution in [0.25, 0.3) is 0 Å². The summed E-state index contributed by atoms with van der Waals surface area (Å²) >= 11 is 0. The van der Waals surface area contributed by atoms with Gasteiger partial charge in [0.2, 0.25) is 0 Å². The van der Waals surface area contributed by atoms with Crippen LogP contribution in [0.4, 0.5) is 0 Å². The lowest BCUT2D eigenvalue weighted by Crippen LogP contribution is -2.29. The molecule has 17 heavy (non-hydrogen) atoms. The quantitative estimate of drug-likeness (QED) is 0.767. The monoisotopic (exact) mass is 240 g/mol. The second-order valence-electron chi connectivity index (χ2n) is 6.75. The Hall–Kier alpha value is -0.0800. The van der Waals surface area contributed by atoms with Gasteiger partial charge in [-0.05, 0) is 57.2 Å². The molecule has 2 nitrogen and oxygen atoms in total. The molecule has 0 spiro atoms. The van der Waals surface area contributed by atoms with E-state index in [1.165, 1.54) is 38.9 Å². The average Bonchev–Trinajstić information content (AvgIpc) is 2.66. The Bertz CT molecular complexity index is 207. The first kappa shape index (κ1) is 15.0. The van der Waals surface area contributed by atoms with Crippen molar-refractivity contribution in [2.24, 2.45) is 11.3 Å². The van der Waals surface area contributed by atoms with E-state index in [1.54, 1.807) is 0 Å². The van der Waals surface area contributed by atoms with Crippen LogP contribution < -0.4 is 5.32 Å². The van der Waals surface area contributed by atoms with Crippen molar-refractivity contribution in [1.29, 1.82) is 0 Å². The fourth-order valence-electron chi connectivity index (χ4n) is 2.81. The van der Waals surface area contributed by atoms with Crippen LogP contribution in [0.2, 0.25) is 0 Å². The predicted octanol–water partition coefficient (Wildman–Crippen LogP) is 3.13. The minimum Gasteiger partial charge on any atom is -0.315 e. The van der Waals surface area contributed by atoms with Crippen molar-refractivity contribution < 1.29 is 0 Å². The molecule has 0 saturated carbocycles. The van der Waals surface area contributed by atoms with Crippen molar-refractivity contribution in [2.45, 2.75) is 59.9 Å². The summed E-state index contributed by atoms with van der Waals surface area (Å²) in [4.78, 5) is 2.66. The molecule has 102 valence electrons. The topological polar surface area (TPSA) is 15.3 Å². The van der Waals surface area contributed by atoms with Gasteiger partial charge < -0.3 is 10.2 Å². The van der Waals surface area contributed by atoms with Gasteiger partial charge in [-0.3, -0.25) is 0 Å². The predicted molar refractivity (Wildman–Crippen MR) is 76.4 cm³/mol. The molecule has 2 atom stereocenters. The first-order valence-electron chi connectivity index (χ1n) is 7.39. The zero-order valence-corrected chi connectivity index (χ0v) is 12.6. The second-order valence-corrected chi connectivity index (χ2v) is 6.75. The highest BCUT2D eigenvalue weighted by atomic mass is 15.1. The van der Waals surface area contributed by atoms with Gasteiger partial charge in [0.25, 0.3) is 0 Å². The van der Waals surface area contributed by atoms with E-state index in [0.717, 1.165) is 12.5 Å². The molecule has 1 aliphatic rings. The normalized spacial score (nSPS) is 24.2. The Kier molecular flexibility index (Phi) is 5.94. The number of likely N-dealkylation sites (tertiary alicyclic amines) is 1. The molecule has 0 bridgehead atoms. The van der Waals surface area contributed by atoms with Crippen molar-refractivity contribution in [3.8, 4) is 0 Å². The molecule has 1 aliphatic heterocycles. The first-order chi connectivity index (χ1) is 7.93. The largest absolute Gasteiger partial charge is 0.315 e. The molecule has 1 saturated heterocycles. The summed E-state index contributed by atoms with van der Waals surface area (Å²) in [6.07, 6.45) is 4.04. The van der Waals surface area contributed by atoms with Crippen LogP contribution in [-0.2, 0) is 0 Å². The number of hydrogen-bond acceptors (Lipinski definition) is 2. The van der Waals surface area contributed by atoms with E-state index in [9.17, 15) is 0 Å². The van der Waals surface area contributed by atoms with Gasteiger partial charge in [0.1, 0.15) is 0 Å². The van der Waals surface area contributed by atoms with Crippen LogP contribution in [0.1, 0.15) is 53.9 Å². The van der Waals surface area contributed by atoms with Crippen molar-refractivity contribution in [3.63, 3.8) is 0 Å². The summed E-state index contributed by atoms with van der Waals surface area (Å²) < 4.78 is 0. The van der Waals surface area contributed by atoms with Crippen LogP contribution in [0, 0.1) is 11.3 Å². The van der Waals surface area contributed by atoms with Gasteiger partial charge in [0.15, 0.2) is 0 Å². The number of nitrogens with zero attached hydrogens (tertiary/aromatic N) is 1. The smallest absolute Gasteiger partial charge is 0.00390 e. The van der Waals surface area contributed by atoms with Crippen LogP contribution in [0.5, 0.6) is 0 Å². The molecule has 0 aromatic rings. The first-order valence-corrected chi connectivity index (χ1v) is 7.39. The van der Waals surface area contributed by atoms with Gasteiger partial charge in [-0.2, -0.15) is 0 Å². The number of hydrogen-bond donors (Lipinski definition) is 1. The molecule has 0 aromatic heterocycles. The van der Waals surface area contributed by atoms with Crippen molar-refractivity contribution >= 4 is 0 Å². The van der Waals surface area contributed by atoms with E-state index in [2.05, 4.69) is 44.8 Å². The summed E-state index contributed by atoms with van der Waals surface area (Å²) in [7, 11) is 0. The lowest BCUT2D eigenvalue weighted by molar-refractivity contribution is 0.227. The molecule has 2 unspecified atom stereocenters. The highest BCUT2D eigenvalue weighted by Crippen LogP contribution is 2.33. The minimum absolute atomic E-state index is 0.492. The molecule has 0 radical (unpaired) electrons. The van der Waals surface area contributed by atoms with Crippen molar-refractivity contribution in [2.75, 3.05) is 26.2 Å². The molecular weight excluding hydrogens is 208 g/mol. The molecule has 1 fully saturated rings. The Morgan fingerprint density at radius 2 is 2.06 bits per heavy atom. The zero-order valence-electron chi connectivity index (χ0n) is 12.6. The van der Waals surface area contributed by atoms with E-state index in [4.69, 9.17) is 0 Å². The van der Waals surface area contributed by atoms with Gasteiger partial charge in [0, 0.05) is 12.6 Å². The fraction of sp³-hybridized carbons (Fsp3) is 1.00. The molecule has 1 heterocycles. The second kappa shape index (κ2) is 6.75. The standard InChI is InChI=1S/C15H32N2/c1-6-16-13(2)8-7-10-17-11-9-14(12-17)15(3,4)5/h13-14,16H,6-12H2,1-5H3. The summed E-state index contributed by atoms with van der Waals surface area (Å²) in [5.41, 5.74) is 0.492.